The topological polar surface area (TPSA) is 98.3 Å². The van der Waals surface area contributed by atoms with E-state index in [4.69, 9.17) is 45.8 Å². The predicted octanol–water partition coefficient (Wildman–Crippen LogP) is 13.0. The van der Waals surface area contributed by atoms with E-state index < -0.39 is 7.12 Å². The standard InChI is InChI=1S/C24H23BO3.C18H11ClO.C12H9BO3.C6H4BrCl.2FH/c1-23(2)24(3,4)28-25(27-23)17-10-7-9-16(15-17)18-12-8-14-21-22(18)19-11-5-6-13-20(19)26-21;19-13-6-3-5-12(11-13)14-8-4-10-17-18(14)15-7-1-2-9-16(15)20-17;14-13(15)9-5-3-7-11-12(9)8-4-1-2-6-10(8)16-11;7-5-2-1-3-6(8)4-5;;/h5-15H,1-4H3;1-11H;1-7,14-15H;1-4H;2*1H/p-1. The van der Waals surface area contributed by atoms with E-state index >= 15 is 0 Å². The van der Waals surface area contributed by atoms with Gasteiger partial charge in [-0.15, -0.1) is 0 Å². The van der Waals surface area contributed by atoms with Gasteiger partial charge in [-0.05, 0) is 128 Å². The zero-order valence-electron chi connectivity index (χ0n) is 40.6. The Morgan fingerprint density at radius 2 is 0.838 bits per heavy atom. The van der Waals surface area contributed by atoms with Crippen LogP contribution in [0.15, 0.2) is 218 Å². The van der Waals surface area contributed by atoms with Gasteiger partial charge >= 0.3 is 14.2 Å². The Morgan fingerprint density at radius 1 is 0.446 bits per heavy atom. The summed E-state index contributed by atoms with van der Waals surface area (Å²) in [6.45, 7) is 8.31. The average Bonchev–Trinajstić information content (AvgIpc) is 4.12. The third-order valence-electron chi connectivity index (χ3n) is 13.2. The van der Waals surface area contributed by atoms with Gasteiger partial charge in [0.15, 0.2) is 0 Å². The van der Waals surface area contributed by atoms with Crippen LogP contribution < -0.4 is 15.6 Å². The summed E-state index contributed by atoms with van der Waals surface area (Å²) in [5.41, 5.74) is 10.4. The Kier molecular flexibility index (Phi) is 16.2. The molecule has 0 amide bonds. The minimum Gasteiger partial charge on any atom is -1.00 e. The molecule has 0 saturated carbocycles. The summed E-state index contributed by atoms with van der Waals surface area (Å²) in [7, 11) is -1.85. The van der Waals surface area contributed by atoms with Crippen LogP contribution in [0.5, 0.6) is 0 Å². The maximum atomic E-state index is 9.31. The van der Waals surface area contributed by atoms with E-state index in [1.165, 1.54) is 0 Å². The van der Waals surface area contributed by atoms with Crippen LogP contribution in [0.4, 0.5) is 4.70 Å². The van der Waals surface area contributed by atoms with Crippen molar-refractivity contribution in [2.45, 2.75) is 38.9 Å². The van der Waals surface area contributed by atoms with Crippen LogP contribution in [-0.2, 0) is 9.31 Å². The van der Waals surface area contributed by atoms with Crippen LogP contribution >= 0.6 is 39.1 Å². The molecule has 1 saturated heterocycles. The minimum atomic E-state index is -1.48. The van der Waals surface area contributed by atoms with Gasteiger partial charge in [-0.1, -0.05) is 173 Å². The molecule has 1 aliphatic heterocycles. The van der Waals surface area contributed by atoms with Crippen molar-refractivity contribution in [3.05, 3.63) is 215 Å². The maximum absolute atomic E-state index is 9.31. The zero-order valence-corrected chi connectivity index (χ0v) is 43.7. The molecule has 14 heteroatoms. The van der Waals surface area contributed by atoms with Crippen molar-refractivity contribution in [1.29, 1.82) is 0 Å². The van der Waals surface area contributed by atoms with Gasteiger partial charge in [-0.2, -0.15) is 0 Å². The number of para-hydroxylation sites is 3. The molecule has 2 N–H and O–H groups in total. The number of hydrogen-bond donors (Lipinski definition) is 2. The van der Waals surface area contributed by atoms with Crippen LogP contribution in [0.1, 0.15) is 27.7 Å². The van der Waals surface area contributed by atoms with E-state index in [0.29, 0.717) is 11.0 Å². The second kappa shape index (κ2) is 22.4. The second-order valence-corrected chi connectivity index (χ2v) is 20.2. The molecule has 1 aliphatic rings. The minimum absolute atomic E-state index is 0. The van der Waals surface area contributed by atoms with Gasteiger partial charge in [0.25, 0.3) is 0 Å². The SMILES string of the molecule is CC1(C)OB(c2cccc(-c3cccc4oc5ccccc5c34)c2)OC1(C)C.Clc1cccc(-c2cccc3oc4ccccc4c23)c1.Clc1cccc(Br)c1.F.OB(O)c1cccc2oc3ccccc3c12.[F-]. The first-order valence-corrected chi connectivity index (χ1v) is 25.0. The lowest BCUT2D eigenvalue weighted by Gasteiger charge is -2.32. The molecule has 0 spiro atoms. The third-order valence-corrected chi connectivity index (χ3v) is 14.1. The first-order chi connectivity index (χ1) is 34.7. The van der Waals surface area contributed by atoms with Crippen molar-refractivity contribution in [2.75, 3.05) is 0 Å². The highest BCUT2D eigenvalue weighted by Crippen LogP contribution is 2.40. The summed E-state index contributed by atoms with van der Waals surface area (Å²) in [5.74, 6) is 0. The third kappa shape index (κ3) is 10.9. The Bertz CT molecular complexity index is 3880. The van der Waals surface area contributed by atoms with E-state index in [1.807, 2.05) is 127 Å². The molecule has 13 rings (SSSR count). The smallest absolute Gasteiger partial charge is 0.494 e. The fourth-order valence-electron chi connectivity index (χ4n) is 9.00. The van der Waals surface area contributed by atoms with Gasteiger partial charge in [0.1, 0.15) is 33.5 Å². The lowest BCUT2D eigenvalue weighted by atomic mass is 9.77. The first kappa shape index (κ1) is 53.6. The van der Waals surface area contributed by atoms with E-state index in [9.17, 15) is 10.0 Å². The molecule has 3 aromatic heterocycles. The number of rotatable bonds is 4. The van der Waals surface area contributed by atoms with Crippen molar-refractivity contribution in [3.63, 3.8) is 0 Å². The quantitative estimate of drug-likeness (QED) is 0.169. The molecular weight excluding hydrogens is 1040 g/mol. The van der Waals surface area contributed by atoms with Crippen molar-refractivity contribution >= 4 is 130 Å². The van der Waals surface area contributed by atoms with E-state index in [0.717, 1.165) is 102 Å². The van der Waals surface area contributed by atoms with E-state index in [1.54, 1.807) is 12.1 Å². The molecule has 0 bridgehead atoms. The molecule has 4 heterocycles. The number of halogens is 5. The molecular formula is C60H48B2BrCl2F2O7-. The molecule has 1 fully saturated rings. The fraction of sp³-hybridized carbons (Fsp3) is 0.100. The fourth-order valence-corrected chi connectivity index (χ4v) is 9.91. The van der Waals surface area contributed by atoms with Crippen LogP contribution in [0.25, 0.3) is 88.1 Å². The maximum Gasteiger partial charge on any atom is 0.494 e. The van der Waals surface area contributed by atoms with Gasteiger partial charge in [-0.3, -0.25) is 4.70 Å². The van der Waals surface area contributed by atoms with Crippen molar-refractivity contribution in [1.82, 2.24) is 0 Å². The van der Waals surface area contributed by atoms with Crippen LogP contribution in [0.3, 0.4) is 0 Å². The number of furan rings is 3. The summed E-state index contributed by atoms with van der Waals surface area (Å²) in [4.78, 5) is 0. The van der Waals surface area contributed by atoms with E-state index in [2.05, 4.69) is 104 Å². The summed E-state index contributed by atoms with van der Waals surface area (Å²) < 4.78 is 31.1. The predicted molar refractivity (Wildman–Crippen MR) is 304 cm³/mol. The first-order valence-electron chi connectivity index (χ1n) is 23.4. The largest absolute Gasteiger partial charge is 1.00 e. The van der Waals surface area contributed by atoms with Crippen LogP contribution in [0.2, 0.25) is 10.0 Å². The second-order valence-electron chi connectivity index (χ2n) is 18.4. The van der Waals surface area contributed by atoms with Gasteiger partial charge in [-0.25, -0.2) is 0 Å². The van der Waals surface area contributed by atoms with Crippen molar-refractivity contribution < 1.29 is 42.0 Å². The van der Waals surface area contributed by atoms with Gasteiger partial charge in [0.05, 0.1) is 11.2 Å². The van der Waals surface area contributed by atoms with Crippen LogP contribution in [0, 0.1) is 0 Å². The summed E-state index contributed by atoms with van der Waals surface area (Å²) in [5, 5.41) is 26.4. The monoisotopic (exact) mass is 1090 g/mol. The van der Waals surface area contributed by atoms with Crippen molar-refractivity contribution in [2.24, 2.45) is 0 Å². The number of hydrogen-bond acceptors (Lipinski definition) is 7. The van der Waals surface area contributed by atoms with E-state index in [-0.39, 0.29) is 27.7 Å². The highest BCUT2D eigenvalue weighted by molar-refractivity contribution is 9.10. The molecule has 0 atom stereocenters. The van der Waals surface area contributed by atoms with Gasteiger partial charge in [0.2, 0.25) is 0 Å². The molecule has 372 valence electrons. The van der Waals surface area contributed by atoms with Crippen molar-refractivity contribution in [3.8, 4) is 22.3 Å². The van der Waals surface area contributed by atoms with Crippen LogP contribution in [-0.4, -0.2) is 35.5 Å². The number of fused-ring (bicyclic) bond motifs is 9. The van der Waals surface area contributed by atoms with Gasteiger partial charge in [0, 0.05) is 46.8 Å². The molecule has 0 unspecified atom stereocenters. The molecule has 74 heavy (non-hydrogen) atoms. The molecule has 0 aliphatic carbocycles. The Morgan fingerprint density at radius 3 is 1.30 bits per heavy atom. The highest BCUT2D eigenvalue weighted by Gasteiger charge is 2.51. The number of benzene rings is 9. The molecule has 9 aromatic carbocycles. The Balaban J connectivity index is 0.000000140. The summed E-state index contributed by atoms with van der Waals surface area (Å²) in [6.07, 6.45) is 0. The lowest BCUT2D eigenvalue weighted by molar-refractivity contribution is -0.0000212. The molecule has 0 radical (unpaired) electrons. The lowest BCUT2D eigenvalue weighted by Crippen LogP contribution is -3.00. The van der Waals surface area contributed by atoms with Gasteiger partial charge < -0.3 is 37.3 Å². The molecule has 12 aromatic rings. The normalized spacial score (nSPS) is 13.3. The summed E-state index contributed by atoms with van der Waals surface area (Å²) >= 11 is 15.0. The highest BCUT2D eigenvalue weighted by atomic mass is 79.9. The average molecular weight is 1090 g/mol. The zero-order chi connectivity index (χ0) is 50.1. The Hall–Kier alpha value is -6.73. The summed E-state index contributed by atoms with van der Waals surface area (Å²) in [6, 6.07) is 65.3. The Labute approximate surface area is 445 Å². The molecule has 7 nitrogen and oxygen atoms in total.